The van der Waals surface area contributed by atoms with Crippen molar-refractivity contribution in [2.75, 3.05) is 6.61 Å². The number of hydrogen-bond donors (Lipinski definition) is 1. The number of ether oxygens (including phenoxy) is 1. The average molecular weight is 273 g/mol. The van der Waals surface area contributed by atoms with E-state index in [0.29, 0.717) is 18.1 Å². The first-order valence-corrected chi connectivity index (χ1v) is 5.91. The minimum Gasteiger partial charge on any atom is -0.435 e. The van der Waals surface area contributed by atoms with Gasteiger partial charge in [0.1, 0.15) is 5.75 Å². The lowest BCUT2D eigenvalue weighted by Gasteiger charge is -2.08. The third kappa shape index (κ3) is 6.71. The van der Waals surface area contributed by atoms with Crippen molar-refractivity contribution in [3.63, 3.8) is 0 Å². The first-order valence-electron chi connectivity index (χ1n) is 5.91. The van der Waals surface area contributed by atoms with Gasteiger partial charge in [-0.1, -0.05) is 26.0 Å². The maximum absolute atomic E-state index is 11.9. The molecule has 0 saturated carbocycles. The fourth-order valence-corrected chi connectivity index (χ4v) is 1.30. The zero-order chi connectivity index (χ0) is 14.3. The van der Waals surface area contributed by atoms with E-state index in [-0.39, 0.29) is 18.1 Å². The van der Waals surface area contributed by atoms with Gasteiger partial charge in [0, 0.05) is 0 Å². The fraction of sp³-hybridized carbons (Fsp3) is 0.462. The van der Waals surface area contributed by atoms with Crippen molar-refractivity contribution in [2.24, 2.45) is 5.92 Å². The molecule has 106 valence electrons. The van der Waals surface area contributed by atoms with Gasteiger partial charge in [0.05, 0.1) is 13.0 Å². The molecule has 0 fully saturated rings. The summed E-state index contributed by atoms with van der Waals surface area (Å²) in [5, 5.41) is 0. The highest BCUT2D eigenvalue weighted by Crippen LogP contribution is 2.15. The molecule has 1 rings (SSSR count). The van der Waals surface area contributed by atoms with Crippen molar-refractivity contribution < 1.29 is 23.1 Å². The Morgan fingerprint density at radius 1 is 1.26 bits per heavy atom. The van der Waals surface area contributed by atoms with Gasteiger partial charge in [0.15, 0.2) is 0 Å². The Bertz CT molecular complexity index is 393. The van der Waals surface area contributed by atoms with E-state index in [2.05, 4.69) is 10.2 Å². The quantitative estimate of drug-likeness (QED) is 0.777. The van der Waals surface area contributed by atoms with Crippen LogP contribution in [-0.2, 0) is 16.1 Å². The van der Waals surface area contributed by atoms with Gasteiger partial charge in [-0.3, -0.25) is 9.63 Å². The summed E-state index contributed by atoms with van der Waals surface area (Å²) in [5.41, 5.74) is 3.01. The number of alkyl halides is 2. The van der Waals surface area contributed by atoms with Crippen molar-refractivity contribution in [3.8, 4) is 5.75 Å². The molecule has 0 radical (unpaired) electrons. The van der Waals surface area contributed by atoms with Crippen molar-refractivity contribution >= 4 is 5.91 Å². The Morgan fingerprint density at radius 2 is 1.89 bits per heavy atom. The topological polar surface area (TPSA) is 47.6 Å². The van der Waals surface area contributed by atoms with Gasteiger partial charge in [-0.05, 0) is 23.6 Å². The predicted octanol–water partition coefficient (Wildman–Crippen LogP) is 2.53. The molecule has 0 bridgehead atoms. The van der Waals surface area contributed by atoms with Crippen LogP contribution in [0.3, 0.4) is 0 Å². The van der Waals surface area contributed by atoms with Crippen LogP contribution in [0.4, 0.5) is 8.78 Å². The standard InChI is InChI=1S/C13H17F2NO3/c1-9(2)8-18-16-12(17)7-10-3-5-11(6-4-10)19-13(14)15/h3-6,9,13H,7-8H2,1-2H3,(H,16,17). The average Bonchev–Trinajstić information content (AvgIpc) is 2.30. The molecule has 0 atom stereocenters. The van der Waals surface area contributed by atoms with E-state index in [1.165, 1.54) is 12.1 Å². The van der Waals surface area contributed by atoms with Gasteiger partial charge in [0.2, 0.25) is 5.91 Å². The van der Waals surface area contributed by atoms with E-state index in [9.17, 15) is 13.6 Å². The van der Waals surface area contributed by atoms with Gasteiger partial charge < -0.3 is 4.74 Å². The first kappa shape index (κ1) is 15.4. The smallest absolute Gasteiger partial charge is 0.387 e. The van der Waals surface area contributed by atoms with Gasteiger partial charge in [-0.2, -0.15) is 8.78 Å². The molecular weight excluding hydrogens is 256 g/mol. The van der Waals surface area contributed by atoms with E-state index < -0.39 is 6.61 Å². The summed E-state index contributed by atoms with van der Waals surface area (Å²) in [6.07, 6.45) is 0.118. The molecule has 0 aliphatic carbocycles. The van der Waals surface area contributed by atoms with Crippen molar-refractivity contribution in [2.45, 2.75) is 26.9 Å². The molecule has 1 aromatic carbocycles. The van der Waals surface area contributed by atoms with E-state index in [4.69, 9.17) is 4.84 Å². The number of hydrogen-bond acceptors (Lipinski definition) is 3. The molecule has 0 heterocycles. The lowest BCUT2D eigenvalue weighted by atomic mass is 10.1. The number of halogens is 2. The monoisotopic (exact) mass is 273 g/mol. The van der Waals surface area contributed by atoms with Crippen LogP contribution in [0.1, 0.15) is 19.4 Å². The van der Waals surface area contributed by atoms with E-state index in [1.807, 2.05) is 13.8 Å². The Labute approximate surface area is 110 Å². The van der Waals surface area contributed by atoms with Gasteiger partial charge in [-0.25, -0.2) is 5.48 Å². The van der Waals surface area contributed by atoms with Gasteiger partial charge >= 0.3 is 6.61 Å². The molecule has 0 spiro atoms. The number of carbonyl (C=O) groups excluding carboxylic acids is 1. The van der Waals surface area contributed by atoms with Crippen molar-refractivity contribution in [1.82, 2.24) is 5.48 Å². The fourth-order valence-electron chi connectivity index (χ4n) is 1.30. The zero-order valence-corrected chi connectivity index (χ0v) is 10.9. The number of nitrogens with one attached hydrogen (secondary N) is 1. The highest BCUT2D eigenvalue weighted by atomic mass is 19.3. The van der Waals surface area contributed by atoms with Gasteiger partial charge in [0.25, 0.3) is 0 Å². The minimum absolute atomic E-state index is 0.0650. The highest BCUT2D eigenvalue weighted by Gasteiger charge is 2.06. The van der Waals surface area contributed by atoms with Crippen LogP contribution in [-0.4, -0.2) is 19.1 Å². The van der Waals surface area contributed by atoms with E-state index >= 15 is 0 Å². The zero-order valence-electron chi connectivity index (χ0n) is 10.9. The lowest BCUT2D eigenvalue weighted by Crippen LogP contribution is -2.27. The summed E-state index contributed by atoms with van der Waals surface area (Å²) in [5.74, 6) is 0.101. The Hall–Kier alpha value is -1.69. The molecule has 1 N–H and O–H groups in total. The SMILES string of the molecule is CC(C)CONC(=O)Cc1ccc(OC(F)F)cc1. The third-order valence-electron chi connectivity index (χ3n) is 2.12. The molecule has 0 unspecified atom stereocenters. The molecule has 1 amide bonds. The van der Waals surface area contributed by atoms with Gasteiger partial charge in [-0.15, -0.1) is 0 Å². The molecular formula is C13H17F2NO3. The molecule has 19 heavy (non-hydrogen) atoms. The van der Waals surface area contributed by atoms with Crippen molar-refractivity contribution in [3.05, 3.63) is 29.8 Å². The van der Waals surface area contributed by atoms with Crippen LogP contribution in [0, 0.1) is 5.92 Å². The minimum atomic E-state index is -2.85. The number of carbonyl (C=O) groups is 1. The van der Waals surface area contributed by atoms with Crippen LogP contribution >= 0.6 is 0 Å². The largest absolute Gasteiger partial charge is 0.435 e. The molecule has 0 saturated heterocycles. The maximum Gasteiger partial charge on any atom is 0.387 e. The molecule has 0 aromatic heterocycles. The summed E-state index contributed by atoms with van der Waals surface area (Å²) in [6.45, 7) is 1.52. The van der Waals surface area contributed by atoms with E-state index in [1.54, 1.807) is 12.1 Å². The number of amides is 1. The van der Waals surface area contributed by atoms with Crippen molar-refractivity contribution in [1.29, 1.82) is 0 Å². The highest BCUT2D eigenvalue weighted by molar-refractivity contribution is 5.77. The second-order valence-electron chi connectivity index (χ2n) is 4.43. The van der Waals surface area contributed by atoms with Crippen LogP contribution in [0.25, 0.3) is 0 Å². The van der Waals surface area contributed by atoms with E-state index in [0.717, 1.165) is 0 Å². The molecule has 6 heteroatoms. The van der Waals surface area contributed by atoms with Crippen LogP contribution < -0.4 is 10.2 Å². The first-order chi connectivity index (χ1) is 8.97. The second kappa shape index (κ2) is 7.68. The second-order valence-corrected chi connectivity index (χ2v) is 4.43. The molecule has 1 aromatic rings. The summed E-state index contributed by atoms with van der Waals surface area (Å²) >= 11 is 0. The maximum atomic E-state index is 11.9. The molecule has 4 nitrogen and oxygen atoms in total. The number of rotatable bonds is 7. The summed E-state index contributed by atoms with van der Waals surface area (Å²) in [6, 6.07) is 5.90. The third-order valence-corrected chi connectivity index (χ3v) is 2.12. The summed E-state index contributed by atoms with van der Waals surface area (Å²) in [4.78, 5) is 16.5. The Balaban J connectivity index is 2.38. The molecule has 0 aliphatic rings. The normalized spacial score (nSPS) is 10.8. The lowest BCUT2D eigenvalue weighted by molar-refractivity contribution is -0.133. The van der Waals surface area contributed by atoms with Crippen LogP contribution in [0.5, 0.6) is 5.75 Å². The summed E-state index contributed by atoms with van der Waals surface area (Å²) in [7, 11) is 0. The number of benzene rings is 1. The predicted molar refractivity (Wildman–Crippen MR) is 65.7 cm³/mol. The number of hydroxylamine groups is 1. The van der Waals surface area contributed by atoms with Crippen LogP contribution in [0.2, 0.25) is 0 Å². The van der Waals surface area contributed by atoms with Crippen LogP contribution in [0.15, 0.2) is 24.3 Å². The Kier molecular flexibility index (Phi) is 6.21. The summed E-state index contributed by atoms with van der Waals surface area (Å²) < 4.78 is 28.1. The Morgan fingerprint density at radius 3 is 2.42 bits per heavy atom. The molecule has 0 aliphatic heterocycles.